The summed E-state index contributed by atoms with van der Waals surface area (Å²) < 4.78 is 42.1. The van der Waals surface area contributed by atoms with Crippen LogP contribution in [0.2, 0.25) is 0 Å². The van der Waals surface area contributed by atoms with Crippen LogP contribution >= 0.6 is 0 Å². The molecule has 1 saturated carbocycles. The molecule has 33 heavy (non-hydrogen) atoms. The molecule has 1 fully saturated rings. The molecule has 0 bridgehead atoms. The lowest BCUT2D eigenvalue weighted by Crippen LogP contribution is -2.45. The number of halogens is 2. The normalized spacial score (nSPS) is 16.1. The summed E-state index contributed by atoms with van der Waals surface area (Å²) in [5, 5.41) is 4.19. The number of pyridine rings is 1. The van der Waals surface area contributed by atoms with Gasteiger partial charge < -0.3 is 19.3 Å². The highest BCUT2D eigenvalue weighted by atomic mass is 19.1. The summed E-state index contributed by atoms with van der Waals surface area (Å²) >= 11 is 0. The van der Waals surface area contributed by atoms with Gasteiger partial charge in [-0.3, -0.25) is 9.48 Å². The molecule has 0 saturated heterocycles. The zero-order valence-corrected chi connectivity index (χ0v) is 18.7. The average molecular weight is 455 g/mol. The number of hydrogen-bond donors (Lipinski definition) is 0. The summed E-state index contributed by atoms with van der Waals surface area (Å²) in [4.78, 5) is 21.2. The monoisotopic (exact) mass is 455 g/mol. The van der Waals surface area contributed by atoms with Gasteiger partial charge in [0.05, 0.1) is 38.1 Å². The van der Waals surface area contributed by atoms with Crippen LogP contribution in [-0.2, 0) is 23.8 Å². The number of fused-ring (bicyclic) bond motifs is 2. The Balaban J connectivity index is 1.59. The van der Waals surface area contributed by atoms with Crippen molar-refractivity contribution in [2.24, 2.45) is 7.05 Å². The Hall–Kier alpha value is -3.69. The van der Waals surface area contributed by atoms with Crippen molar-refractivity contribution >= 4 is 23.1 Å². The number of nitrogens with zero attached hydrogens (tertiary/aromatic N) is 5. The minimum atomic E-state index is -0.940. The van der Waals surface area contributed by atoms with Gasteiger partial charge in [0.25, 0.3) is 0 Å². The second-order valence-electron chi connectivity index (χ2n) is 8.36. The maximum absolute atomic E-state index is 15.2. The van der Waals surface area contributed by atoms with Crippen LogP contribution in [0.25, 0.3) is 0 Å². The van der Waals surface area contributed by atoms with Crippen LogP contribution in [0.4, 0.5) is 26.0 Å². The highest BCUT2D eigenvalue weighted by molar-refractivity contribution is 6.05. The summed E-state index contributed by atoms with van der Waals surface area (Å²) in [6.45, 7) is -0.00995. The van der Waals surface area contributed by atoms with Gasteiger partial charge in [-0.15, -0.1) is 0 Å². The summed E-state index contributed by atoms with van der Waals surface area (Å²) in [5.74, 6) is -1.95. The van der Waals surface area contributed by atoms with E-state index < -0.39 is 22.7 Å². The lowest BCUT2D eigenvalue weighted by atomic mass is 9.86. The van der Waals surface area contributed by atoms with Gasteiger partial charge in [-0.25, -0.2) is 13.8 Å². The first-order valence-corrected chi connectivity index (χ1v) is 10.4. The van der Waals surface area contributed by atoms with Crippen molar-refractivity contribution in [3.63, 3.8) is 0 Å². The molecule has 8 nitrogen and oxygen atoms in total. The molecule has 3 aromatic rings. The van der Waals surface area contributed by atoms with E-state index in [4.69, 9.17) is 9.47 Å². The molecular formula is C23H23F2N5O3. The maximum atomic E-state index is 15.2. The van der Waals surface area contributed by atoms with Crippen molar-refractivity contribution in [2.45, 2.75) is 24.8 Å². The topological polar surface area (TPSA) is 72.7 Å². The minimum Gasteiger partial charge on any atom is -0.493 e. The second kappa shape index (κ2) is 7.43. The number of ether oxygens (including phenoxy) is 2. The van der Waals surface area contributed by atoms with Crippen LogP contribution in [0.1, 0.15) is 24.0 Å². The second-order valence-corrected chi connectivity index (χ2v) is 8.36. The van der Waals surface area contributed by atoms with Crippen molar-refractivity contribution in [2.75, 3.05) is 31.1 Å². The molecule has 0 atom stereocenters. The van der Waals surface area contributed by atoms with Crippen LogP contribution in [0.3, 0.4) is 0 Å². The molecule has 172 valence electrons. The van der Waals surface area contributed by atoms with Crippen molar-refractivity contribution in [1.82, 2.24) is 14.8 Å². The molecule has 0 unspecified atom stereocenters. The maximum Gasteiger partial charge on any atom is 0.238 e. The van der Waals surface area contributed by atoms with Gasteiger partial charge in [-0.2, -0.15) is 5.10 Å². The first-order valence-electron chi connectivity index (χ1n) is 10.4. The SMILES string of the molecule is COc1cc(OC)c(F)c(N2Cc3cnc(N(C)c4cnn(C)c4)cc3C3(CC3)C2=O)c1F. The van der Waals surface area contributed by atoms with Crippen molar-refractivity contribution < 1.29 is 23.0 Å². The van der Waals surface area contributed by atoms with Crippen LogP contribution < -0.4 is 19.3 Å². The van der Waals surface area contributed by atoms with Gasteiger partial charge in [0.15, 0.2) is 23.1 Å². The van der Waals surface area contributed by atoms with E-state index in [1.54, 1.807) is 17.1 Å². The zero-order valence-electron chi connectivity index (χ0n) is 18.7. The van der Waals surface area contributed by atoms with E-state index in [0.717, 1.165) is 27.8 Å². The van der Waals surface area contributed by atoms with Gasteiger partial charge in [-0.1, -0.05) is 0 Å². The fourth-order valence-corrected chi connectivity index (χ4v) is 4.46. The van der Waals surface area contributed by atoms with Crippen LogP contribution in [-0.4, -0.2) is 41.9 Å². The molecule has 1 aliphatic heterocycles. The molecule has 1 aromatic carbocycles. The van der Waals surface area contributed by atoms with E-state index in [0.29, 0.717) is 18.7 Å². The smallest absolute Gasteiger partial charge is 0.238 e. The molecule has 2 aliphatic rings. The van der Waals surface area contributed by atoms with Crippen molar-refractivity contribution in [3.05, 3.63) is 53.5 Å². The zero-order chi connectivity index (χ0) is 23.5. The molecule has 1 amide bonds. The van der Waals surface area contributed by atoms with Crippen LogP contribution in [0.15, 0.2) is 30.7 Å². The molecule has 3 heterocycles. The molecule has 10 heteroatoms. The van der Waals surface area contributed by atoms with Crippen molar-refractivity contribution in [3.8, 4) is 11.5 Å². The summed E-state index contributed by atoms with van der Waals surface area (Å²) in [6.07, 6.45) is 6.45. The van der Waals surface area contributed by atoms with E-state index in [1.165, 1.54) is 14.2 Å². The number of hydrogen-bond acceptors (Lipinski definition) is 6. The predicted octanol–water partition coefficient (Wildman–Crippen LogP) is 3.46. The van der Waals surface area contributed by atoms with Crippen LogP contribution in [0, 0.1) is 11.6 Å². The number of carbonyl (C=O) groups is 1. The summed E-state index contributed by atoms with van der Waals surface area (Å²) in [7, 11) is 6.25. The number of amides is 1. The minimum absolute atomic E-state index is 0.00995. The summed E-state index contributed by atoms with van der Waals surface area (Å²) in [6, 6.07) is 3.02. The number of aryl methyl sites for hydroxylation is 1. The fraction of sp³-hybridized carbons (Fsp3) is 0.348. The Morgan fingerprint density at radius 3 is 2.30 bits per heavy atom. The van der Waals surface area contributed by atoms with Gasteiger partial charge in [-0.05, 0) is 30.0 Å². The number of carbonyl (C=O) groups excluding carboxylic acids is 1. The van der Waals surface area contributed by atoms with E-state index in [9.17, 15) is 4.79 Å². The predicted molar refractivity (Wildman–Crippen MR) is 117 cm³/mol. The molecular weight excluding hydrogens is 432 g/mol. The Bertz CT molecular complexity index is 1240. The molecule has 1 aliphatic carbocycles. The Morgan fingerprint density at radius 2 is 1.76 bits per heavy atom. The van der Waals surface area contributed by atoms with Gasteiger partial charge >= 0.3 is 0 Å². The van der Waals surface area contributed by atoms with Crippen molar-refractivity contribution in [1.29, 1.82) is 0 Å². The number of rotatable bonds is 5. The Labute approximate surface area is 189 Å². The largest absolute Gasteiger partial charge is 0.493 e. The first kappa shape index (κ1) is 21.2. The third kappa shape index (κ3) is 3.12. The molecule has 0 radical (unpaired) electrons. The van der Waals surface area contributed by atoms with E-state index in [1.807, 2.05) is 31.3 Å². The molecule has 2 aromatic heterocycles. The third-order valence-corrected chi connectivity index (χ3v) is 6.46. The first-order chi connectivity index (χ1) is 15.8. The third-order valence-electron chi connectivity index (χ3n) is 6.46. The number of methoxy groups -OCH3 is 2. The van der Waals surface area contributed by atoms with Gasteiger partial charge in [0.1, 0.15) is 11.5 Å². The van der Waals surface area contributed by atoms with E-state index >= 15 is 8.78 Å². The van der Waals surface area contributed by atoms with Gasteiger partial charge in [0.2, 0.25) is 5.91 Å². The molecule has 1 spiro atoms. The molecule has 0 N–H and O–H groups in total. The quantitative estimate of drug-likeness (QED) is 0.587. The standard InChI is InChI=1S/C23H23F2N5O3/c1-28-12-14(10-27-28)29(2)18-7-15-13(9-26-18)11-30(22(31)23(15)5-6-23)21-19(24)16(32-3)8-17(33-4)20(21)25/h7-10,12H,5-6,11H2,1-4H3. The lowest BCUT2D eigenvalue weighted by molar-refractivity contribution is -0.121. The van der Waals surface area contributed by atoms with Crippen LogP contribution in [0.5, 0.6) is 11.5 Å². The summed E-state index contributed by atoms with van der Waals surface area (Å²) in [5.41, 5.74) is 1.16. The Kier molecular flexibility index (Phi) is 4.77. The van der Waals surface area contributed by atoms with E-state index in [-0.39, 0.29) is 24.0 Å². The number of anilines is 3. The van der Waals surface area contributed by atoms with E-state index in [2.05, 4.69) is 10.1 Å². The average Bonchev–Trinajstić information content (AvgIpc) is 3.50. The van der Waals surface area contributed by atoms with Gasteiger partial charge in [0, 0.05) is 32.6 Å². The number of benzene rings is 1. The highest BCUT2D eigenvalue weighted by Gasteiger charge is 2.57. The highest BCUT2D eigenvalue weighted by Crippen LogP contribution is 2.55. The lowest BCUT2D eigenvalue weighted by Gasteiger charge is -2.35. The Morgan fingerprint density at radius 1 is 1.09 bits per heavy atom. The number of aromatic nitrogens is 3. The molecule has 5 rings (SSSR count). The fourth-order valence-electron chi connectivity index (χ4n) is 4.46.